The molecule has 0 aromatic heterocycles. The zero-order chi connectivity index (χ0) is 8.32. The molecule has 0 spiro atoms. The van der Waals surface area contributed by atoms with E-state index >= 15 is 0 Å². The highest BCUT2D eigenvalue weighted by Crippen LogP contribution is 2.12. The van der Waals surface area contributed by atoms with E-state index in [1.54, 1.807) is 0 Å². The molecule has 0 bridgehead atoms. The highest BCUT2D eigenvalue weighted by molar-refractivity contribution is 8.13. The normalized spacial score (nSPS) is 19.4. The van der Waals surface area contributed by atoms with Crippen LogP contribution in [-0.2, 0) is 0 Å². The summed E-state index contributed by atoms with van der Waals surface area (Å²) in [5.74, 6) is 1.21. The lowest BCUT2D eigenvalue weighted by Gasteiger charge is -2.24. The van der Waals surface area contributed by atoms with Crippen LogP contribution in [0.15, 0.2) is 4.99 Å². The van der Waals surface area contributed by atoms with Gasteiger partial charge in [-0.3, -0.25) is 4.99 Å². The van der Waals surface area contributed by atoms with Crippen molar-refractivity contribution in [2.24, 2.45) is 4.99 Å². The number of nitrogens with zero attached hydrogens (tertiary/aromatic N) is 1. The summed E-state index contributed by atoms with van der Waals surface area (Å²) >= 11 is 1.83. The lowest BCUT2D eigenvalue weighted by atomic mass is 10.1. The van der Waals surface area contributed by atoms with E-state index in [9.17, 15) is 0 Å². The monoisotopic (exact) mass is 172 g/mol. The van der Waals surface area contributed by atoms with Crippen LogP contribution in [0, 0.1) is 0 Å². The molecule has 1 aliphatic rings. The van der Waals surface area contributed by atoms with Crippen LogP contribution in [0.25, 0.3) is 0 Å². The van der Waals surface area contributed by atoms with Crippen molar-refractivity contribution in [1.82, 2.24) is 5.32 Å². The first-order chi connectivity index (χ1) is 5.08. The summed E-state index contributed by atoms with van der Waals surface area (Å²) in [7, 11) is 0. The molecule has 0 saturated heterocycles. The Balaban J connectivity index is 2.42. The predicted octanol–water partition coefficient (Wildman–Crippen LogP) is 1.87. The maximum atomic E-state index is 4.38. The second-order valence-corrected chi connectivity index (χ2v) is 4.85. The molecule has 0 aliphatic carbocycles. The van der Waals surface area contributed by atoms with Gasteiger partial charge in [0.1, 0.15) is 0 Å². The van der Waals surface area contributed by atoms with Gasteiger partial charge in [-0.2, -0.15) is 0 Å². The molecule has 0 atom stereocenters. The van der Waals surface area contributed by atoms with Crippen LogP contribution in [0.2, 0.25) is 0 Å². The minimum atomic E-state index is 0.156. The highest BCUT2D eigenvalue weighted by atomic mass is 32.2. The summed E-state index contributed by atoms with van der Waals surface area (Å²) < 4.78 is 0. The number of rotatable bonds is 0. The van der Waals surface area contributed by atoms with E-state index in [0.717, 1.165) is 11.7 Å². The van der Waals surface area contributed by atoms with Crippen LogP contribution < -0.4 is 5.32 Å². The molecule has 0 saturated carbocycles. The average Bonchev–Trinajstić information content (AvgIpc) is 1.85. The molecule has 0 fully saturated rings. The van der Waals surface area contributed by atoms with Crippen LogP contribution in [0.4, 0.5) is 0 Å². The Morgan fingerprint density at radius 2 is 2.18 bits per heavy atom. The van der Waals surface area contributed by atoms with Gasteiger partial charge in [0.25, 0.3) is 0 Å². The smallest absolute Gasteiger partial charge is 0.156 e. The Hall–Kier alpha value is -0.180. The van der Waals surface area contributed by atoms with Gasteiger partial charge in [0.05, 0.1) is 0 Å². The lowest BCUT2D eigenvalue weighted by Crippen LogP contribution is -2.40. The molecule has 0 radical (unpaired) electrons. The van der Waals surface area contributed by atoms with Crippen molar-refractivity contribution < 1.29 is 0 Å². The minimum Gasteiger partial charge on any atom is -0.360 e. The van der Waals surface area contributed by atoms with Gasteiger partial charge in [-0.25, -0.2) is 0 Å². The largest absolute Gasteiger partial charge is 0.360 e. The maximum absolute atomic E-state index is 4.38. The number of nitrogens with one attached hydrogen (secondary N) is 1. The summed E-state index contributed by atoms with van der Waals surface area (Å²) in [4.78, 5) is 4.38. The van der Waals surface area contributed by atoms with Gasteiger partial charge < -0.3 is 5.32 Å². The van der Waals surface area contributed by atoms with Crippen molar-refractivity contribution in [1.29, 1.82) is 0 Å². The molecule has 1 heterocycles. The van der Waals surface area contributed by atoms with Gasteiger partial charge in [-0.1, -0.05) is 11.8 Å². The Morgan fingerprint density at radius 1 is 1.45 bits per heavy atom. The van der Waals surface area contributed by atoms with Crippen molar-refractivity contribution in [3.05, 3.63) is 0 Å². The van der Waals surface area contributed by atoms with Crippen LogP contribution in [0.5, 0.6) is 0 Å². The van der Waals surface area contributed by atoms with Crippen molar-refractivity contribution in [3.8, 4) is 0 Å². The third-order valence-electron chi connectivity index (χ3n) is 1.28. The quantitative estimate of drug-likeness (QED) is 0.603. The zero-order valence-electron chi connectivity index (χ0n) is 7.48. The number of hydrogen-bond acceptors (Lipinski definition) is 3. The molecular weight excluding hydrogens is 156 g/mol. The number of thioether (sulfide) groups is 1. The molecule has 0 aromatic rings. The topological polar surface area (TPSA) is 24.4 Å². The SMILES string of the molecule is CC(C)(C)NC1=NCCCS1. The standard InChI is InChI=1S/C8H16N2S/c1-8(2,3)10-7-9-5-4-6-11-7/h4-6H2,1-3H3,(H,9,10). The van der Waals surface area contributed by atoms with Crippen LogP contribution in [0.3, 0.4) is 0 Å². The second-order valence-electron chi connectivity index (χ2n) is 3.76. The summed E-state index contributed by atoms with van der Waals surface area (Å²) in [5.41, 5.74) is 0.156. The van der Waals surface area contributed by atoms with E-state index in [2.05, 4.69) is 31.1 Å². The Labute approximate surface area is 72.9 Å². The second kappa shape index (κ2) is 3.48. The molecule has 0 unspecified atom stereocenters. The Morgan fingerprint density at radius 3 is 2.64 bits per heavy atom. The summed E-state index contributed by atoms with van der Waals surface area (Å²) in [6.07, 6.45) is 1.22. The van der Waals surface area contributed by atoms with Gasteiger partial charge >= 0.3 is 0 Å². The van der Waals surface area contributed by atoms with Crippen LogP contribution in [0.1, 0.15) is 27.2 Å². The molecule has 1 aliphatic heterocycles. The first-order valence-corrected chi connectivity index (χ1v) is 5.02. The van der Waals surface area contributed by atoms with Gasteiger partial charge in [-0.05, 0) is 27.2 Å². The Bertz CT molecular complexity index is 158. The van der Waals surface area contributed by atoms with Gasteiger partial charge in [0, 0.05) is 17.8 Å². The summed E-state index contributed by atoms with van der Waals surface area (Å²) in [6.45, 7) is 7.46. The predicted molar refractivity (Wildman–Crippen MR) is 52.3 cm³/mol. The van der Waals surface area contributed by atoms with Crippen molar-refractivity contribution in [2.75, 3.05) is 12.3 Å². The highest BCUT2D eigenvalue weighted by Gasteiger charge is 2.13. The van der Waals surface area contributed by atoms with Crippen molar-refractivity contribution in [2.45, 2.75) is 32.7 Å². The molecule has 64 valence electrons. The van der Waals surface area contributed by atoms with E-state index in [1.165, 1.54) is 12.2 Å². The number of aliphatic imine (C=N–C) groups is 1. The van der Waals surface area contributed by atoms with E-state index in [4.69, 9.17) is 0 Å². The van der Waals surface area contributed by atoms with Crippen molar-refractivity contribution in [3.63, 3.8) is 0 Å². The fraction of sp³-hybridized carbons (Fsp3) is 0.875. The average molecular weight is 172 g/mol. The maximum Gasteiger partial charge on any atom is 0.156 e. The minimum absolute atomic E-state index is 0.156. The summed E-state index contributed by atoms with van der Waals surface area (Å²) in [6, 6.07) is 0. The fourth-order valence-corrected chi connectivity index (χ4v) is 1.88. The fourth-order valence-electron chi connectivity index (χ4n) is 0.856. The van der Waals surface area contributed by atoms with Crippen LogP contribution in [-0.4, -0.2) is 23.0 Å². The lowest BCUT2D eigenvalue weighted by molar-refractivity contribution is 0.514. The molecule has 11 heavy (non-hydrogen) atoms. The molecule has 1 rings (SSSR count). The molecular formula is C8H16N2S. The van der Waals surface area contributed by atoms with E-state index < -0.39 is 0 Å². The molecule has 2 nitrogen and oxygen atoms in total. The first kappa shape index (κ1) is 8.91. The van der Waals surface area contributed by atoms with Crippen LogP contribution >= 0.6 is 11.8 Å². The van der Waals surface area contributed by atoms with Gasteiger partial charge in [0.15, 0.2) is 5.17 Å². The van der Waals surface area contributed by atoms with E-state index in [-0.39, 0.29) is 5.54 Å². The van der Waals surface area contributed by atoms with E-state index in [1.807, 2.05) is 11.8 Å². The number of hydrogen-bond donors (Lipinski definition) is 1. The van der Waals surface area contributed by atoms with E-state index in [0.29, 0.717) is 0 Å². The Kier molecular flexibility index (Phi) is 2.82. The molecule has 0 amide bonds. The first-order valence-electron chi connectivity index (χ1n) is 4.03. The molecule has 0 aromatic carbocycles. The van der Waals surface area contributed by atoms with Crippen molar-refractivity contribution >= 4 is 16.9 Å². The van der Waals surface area contributed by atoms with Gasteiger partial charge in [-0.15, -0.1) is 0 Å². The third kappa shape index (κ3) is 3.65. The summed E-state index contributed by atoms with van der Waals surface area (Å²) in [5, 5.41) is 4.49. The molecule has 3 heteroatoms. The zero-order valence-corrected chi connectivity index (χ0v) is 8.29. The van der Waals surface area contributed by atoms with Gasteiger partial charge in [0.2, 0.25) is 0 Å². The number of amidine groups is 1. The third-order valence-corrected chi connectivity index (χ3v) is 2.28. The molecule has 1 N–H and O–H groups in total.